The number of aliphatic carboxylic acids is 1. The lowest BCUT2D eigenvalue weighted by molar-refractivity contribution is -0.138. The fourth-order valence-electron chi connectivity index (χ4n) is 1.78. The molecule has 1 heterocycles. The Bertz CT molecular complexity index is 433. The molecule has 1 atom stereocenters. The molecule has 0 saturated carbocycles. The van der Waals surface area contributed by atoms with Crippen LogP contribution in [0.4, 0.5) is 4.79 Å². The molecule has 1 aliphatic rings. The number of sulfone groups is 1. The molecule has 9 heteroatoms. The summed E-state index contributed by atoms with van der Waals surface area (Å²) in [6, 6.07) is -1.30. The fourth-order valence-corrected chi connectivity index (χ4v) is 3.31. The first-order chi connectivity index (χ1) is 8.21. The molecule has 1 aliphatic heterocycles. The number of nitrogens with zero attached hydrogens (tertiary/aromatic N) is 2. The standard InChI is InChI=1S/C9H17N3O5S/c1-11(2)10-9(15)12-3-4-18(16,17)6-7(12)5-8(13)14/h7H,3-6H2,1-2H3,(H,10,15)(H,13,14). The van der Waals surface area contributed by atoms with E-state index in [9.17, 15) is 18.0 Å². The molecule has 1 fully saturated rings. The van der Waals surface area contributed by atoms with Gasteiger partial charge in [0.2, 0.25) is 0 Å². The smallest absolute Gasteiger partial charge is 0.332 e. The number of hydrazine groups is 1. The van der Waals surface area contributed by atoms with Crippen molar-refractivity contribution >= 4 is 21.8 Å². The molecule has 2 amide bonds. The average molecular weight is 279 g/mol. The van der Waals surface area contributed by atoms with E-state index < -0.39 is 27.9 Å². The molecule has 0 bridgehead atoms. The first-order valence-corrected chi connectivity index (χ1v) is 7.20. The van der Waals surface area contributed by atoms with Gasteiger partial charge in [0, 0.05) is 20.6 Å². The highest BCUT2D eigenvalue weighted by molar-refractivity contribution is 7.91. The van der Waals surface area contributed by atoms with Crippen molar-refractivity contribution in [3.05, 3.63) is 0 Å². The summed E-state index contributed by atoms with van der Waals surface area (Å²) in [6.45, 7) is 0.0138. The van der Waals surface area contributed by atoms with Gasteiger partial charge in [-0.1, -0.05) is 0 Å². The molecule has 1 saturated heterocycles. The van der Waals surface area contributed by atoms with Crippen molar-refractivity contribution in [3.63, 3.8) is 0 Å². The quantitative estimate of drug-likeness (QED) is 0.625. The zero-order valence-electron chi connectivity index (χ0n) is 10.3. The molecule has 0 aliphatic carbocycles. The van der Waals surface area contributed by atoms with Gasteiger partial charge in [-0.05, 0) is 0 Å². The Kier molecular flexibility index (Phi) is 4.52. The van der Waals surface area contributed by atoms with Crippen LogP contribution >= 0.6 is 0 Å². The van der Waals surface area contributed by atoms with Gasteiger partial charge in [0.05, 0.1) is 24.0 Å². The third kappa shape index (κ3) is 4.15. The van der Waals surface area contributed by atoms with E-state index in [-0.39, 0.29) is 24.5 Å². The maximum absolute atomic E-state index is 11.8. The van der Waals surface area contributed by atoms with Crippen molar-refractivity contribution in [3.8, 4) is 0 Å². The van der Waals surface area contributed by atoms with Crippen LogP contribution in [-0.2, 0) is 14.6 Å². The van der Waals surface area contributed by atoms with Crippen molar-refractivity contribution in [2.24, 2.45) is 0 Å². The Labute approximate surface area is 105 Å². The molecule has 8 nitrogen and oxygen atoms in total. The van der Waals surface area contributed by atoms with Crippen LogP contribution in [0.25, 0.3) is 0 Å². The van der Waals surface area contributed by atoms with E-state index in [1.807, 2.05) is 0 Å². The molecule has 18 heavy (non-hydrogen) atoms. The summed E-state index contributed by atoms with van der Waals surface area (Å²) in [7, 11) is -0.0393. The first-order valence-electron chi connectivity index (χ1n) is 5.38. The predicted molar refractivity (Wildman–Crippen MR) is 63.6 cm³/mol. The monoisotopic (exact) mass is 279 g/mol. The molecular formula is C9H17N3O5S. The van der Waals surface area contributed by atoms with Gasteiger partial charge in [-0.15, -0.1) is 0 Å². The molecule has 1 rings (SSSR count). The maximum Gasteiger partial charge on any atom is 0.332 e. The van der Waals surface area contributed by atoms with Crippen molar-refractivity contribution in [1.29, 1.82) is 0 Å². The van der Waals surface area contributed by atoms with Crippen LogP contribution in [0, 0.1) is 0 Å². The first kappa shape index (κ1) is 14.7. The van der Waals surface area contributed by atoms with E-state index in [0.717, 1.165) is 0 Å². The van der Waals surface area contributed by atoms with Crippen molar-refractivity contribution in [1.82, 2.24) is 15.3 Å². The molecule has 104 valence electrons. The number of hydrogen-bond donors (Lipinski definition) is 2. The Morgan fingerprint density at radius 2 is 2.06 bits per heavy atom. The largest absolute Gasteiger partial charge is 0.481 e. The Balaban J connectivity index is 2.81. The third-order valence-electron chi connectivity index (χ3n) is 2.52. The fraction of sp³-hybridized carbons (Fsp3) is 0.778. The summed E-state index contributed by atoms with van der Waals surface area (Å²) in [4.78, 5) is 23.8. The number of hydrogen-bond acceptors (Lipinski definition) is 5. The summed E-state index contributed by atoms with van der Waals surface area (Å²) in [5, 5.41) is 10.2. The highest BCUT2D eigenvalue weighted by Crippen LogP contribution is 2.15. The van der Waals surface area contributed by atoms with Gasteiger partial charge in [-0.2, -0.15) is 0 Å². The van der Waals surface area contributed by atoms with Crippen LogP contribution in [0.3, 0.4) is 0 Å². The maximum atomic E-state index is 11.8. The van der Waals surface area contributed by atoms with Crippen LogP contribution in [0.2, 0.25) is 0 Å². The summed E-state index contributed by atoms with van der Waals surface area (Å²) >= 11 is 0. The summed E-state index contributed by atoms with van der Waals surface area (Å²) < 4.78 is 22.9. The van der Waals surface area contributed by atoms with Crippen molar-refractivity contribution < 1.29 is 23.1 Å². The van der Waals surface area contributed by atoms with Crippen LogP contribution in [0.15, 0.2) is 0 Å². The van der Waals surface area contributed by atoms with E-state index in [2.05, 4.69) is 5.43 Å². The van der Waals surface area contributed by atoms with Crippen molar-refractivity contribution in [2.75, 3.05) is 32.1 Å². The lowest BCUT2D eigenvalue weighted by Crippen LogP contribution is -2.56. The second kappa shape index (κ2) is 5.53. The van der Waals surface area contributed by atoms with Crippen LogP contribution in [0.1, 0.15) is 6.42 Å². The van der Waals surface area contributed by atoms with E-state index in [1.54, 1.807) is 14.1 Å². The summed E-state index contributed by atoms with van der Waals surface area (Å²) in [6.07, 6.45) is -0.375. The Morgan fingerprint density at radius 1 is 1.44 bits per heavy atom. The summed E-state index contributed by atoms with van der Waals surface area (Å²) in [5.41, 5.74) is 2.48. The number of urea groups is 1. The van der Waals surface area contributed by atoms with Gasteiger partial charge in [-0.25, -0.2) is 18.2 Å². The van der Waals surface area contributed by atoms with E-state index in [0.29, 0.717) is 0 Å². The number of nitrogens with one attached hydrogen (secondary N) is 1. The SMILES string of the molecule is CN(C)NC(=O)N1CCS(=O)(=O)CC1CC(=O)O. The van der Waals surface area contributed by atoms with Gasteiger partial charge in [0.15, 0.2) is 9.84 Å². The average Bonchev–Trinajstić information content (AvgIpc) is 2.13. The van der Waals surface area contributed by atoms with Crippen LogP contribution in [0.5, 0.6) is 0 Å². The van der Waals surface area contributed by atoms with Gasteiger partial charge >= 0.3 is 12.0 Å². The van der Waals surface area contributed by atoms with Crippen molar-refractivity contribution in [2.45, 2.75) is 12.5 Å². The highest BCUT2D eigenvalue weighted by atomic mass is 32.2. The Morgan fingerprint density at radius 3 is 2.56 bits per heavy atom. The zero-order chi connectivity index (χ0) is 13.9. The number of carbonyl (C=O) groups is 2. The molecule has 1 unspecified atom stereocenters. The van der Waals surface area contributed by atoms with Crippen LogP contribution < -0.4 is 5.43 Å². The van der Waals surface area contributed by atoms with E-state index in [1.165, 1.54) is 9.91 Å². The number of carboxylic acid groups (broad SMARTS) is 1. The van der Waals surface area contributed by atoms with E-state index >= 15 is 0 Å². The molecule has 2 N–H and O–H groups in total. The van der Waals surface area contributed by atoms with E-state index in [4.69, 9.17) is 5.11 Å². The molecular weight excluding hydrogens is 262 g/mol. The Hall–Kier alpha value is -1.35. The van der Waals surface area contributed by atoms with Gasteiger partial charge < -0.3 is 10.0 Å². The molecule has 0 spiro atoms. The van der Waals surface area contributed by atoms with Gasteiger partial charge in [0.1, 0.15) is 0 Å². The number of amides is 2. The molecule has 0 radical (unpaired) electrons. The predicted octanol–water partition coefficient (Wildman–Crippen LogP) is -1.25. The zero-order valence-corrected chi connectivity index (χ0v) is 11.1. The van der Waals surface area contributed by atoms with Gasteiger partial charge in [0.25, 0.3) is 0 Å². The second-order valence-electron chi connectivity index (χ2n) is 4.37. The summed E-state index contributed by atoms with van der Waals surface area (Å²) in [5.74, 6) is -1.57. The normalized spacial score (nSPS) is 22.8. The minimum atomic E-state index is -3.27. The highest BCUT2D eigenvalue weighted by Gasteiger charge is 2.35. The van der Waals surface area contributed by atoms with Crippen LogP contribution in [-0.4, -0.2) is 73.6 Å². The molecule has 0 aromatic carbocycles. The number of carbonyl (C=O) groups excluding carboxylic acids is 1. The number of rotatable bonds is 3. The minimum Gasteiger partial charge on any atom is -0.481 e. The molecule has 0 aromatic heterocycles. The number of carboxylic acids is 1. The molecule has 0 aromatic rings. The lowest BCUT2D eigenvalue weighted by atomic mass is 10.2. The van der Waals surface area contributed by atoms with Gasteiger partial charge in [-0.3, -0.25) is 10.2 Å². The third-order valence-corrected chi connectivity index (χ3v) is 4.22. The second-order valence-corrected chi connectivity index (χ2v) is 6.60. The topological polar surface area (TPSA) is 107 Å². The minimum absolute atomic E-state index is 0.0138. The lowest BCUT2D eigenvalue weighted by Gasteiger charge is -2.35.